The molecule has 1 amide bonds. The van der Waals surface area contributed by atoms with E-state index in [1.807, 2.05) is 0 Å². The van der Waals surface area contributed by atoms with Gasteiger partial charge in [-0.25, -0.2) is 13.2 Å². The lowest BCUT2D eigenvalue weighted by Gasteiger charge is -2.33. The van der Waals surface area contributed by atoms with E-state index >= 15 is 0 Å². The Bertz CT molecular complexity index is 804. The molecular formula is C18H17Cl2F3N2O. The molecule has 140 valence electrons. The molecule has 2 aromatic rings. The van der Waals surface area contributed by atoms with Crippen LogP contribution in [0.15, 0.2) is 36.4 Å². The topological polar surface area (TPSA) is 41.1 Å². The third-order valence-corrected chi connectivity index (χ3v) is 4.58. The number of carbonyl (C=O) groups is 1. The average Bonchev–Trinajstić information content (AvgIpc) is 2.58. The molecule has 2 aromatic carbocycles. The van der Waals surface area contributed by atoms with Crippen molar-refractivity contribution in [1.29, 1.82) is 0 Å². The number of halogens is 5. The summed E-state index contributed by atoms with van der Waals surface area (Å²) in [6, 6.07) is 7.18. The number of rotatable bonds is 3. The van der Waals surface area contributed by atoms with Gasteiger partial charge in [-0.3, -0.25) is 4.79 Å². The molecule has 1 heterocycles. The fourth-order valence-corrected chi connectivity index (χ4v) is 3.23. The lowest BCUT2D eigenvalue weighted by molar-refractivity contribution is 0.0920. The highest BCUT2D eigenvalue weighted by Gasteiger charge is 2.29. The van der Waals surface area contributed by atoms with E-state index in [2.05, 4.69) is 10.6 Å². The summed E-state index contributed by atoms with van der Waals surface area (Å²) in [4.78, 5) is 12.4. The summed E-state index contributed by atoms with van der Waals surface area (Å²) in [5.74, 6) is -3.32. The van der Waals surface area contributed by atoms with Crippen molar-refractivity contribution in [2.75, 3.05) is 13.1 Å². The Kier molecular flexibility index (Phi) is 6.92. The number of piperidine rings is 1. The Labute approximate surface area is 160 Å². The van der Waals surface area contributed by atoms with Gasteiger partial charge in [-0.1, -0.05) is 17.7 Å². The fourth-order valence-electron chi connectivity index (χ4n) is 3.07. The monoisotopic (exact) mass is 404 g/mol. The molecule has 1 aliphatic rings. The average molecular weight is 405 g/mol. The van der Waals surface area contributed by atoms with E-state index in [4.69, 9.17) is 11.6 Å². The van der Waals surface area contributed by atoms with Crippen LogP contribution in [0.1, 0.15) is 28.3 Å². The van der Waals surface area contributed by atoms with Gasteiger partial charge in [-0.2, -0.15) is 0 Å². The van der Waals surface area contributed by atoms with Crippen LogP contribution in [0, 0.1) is 17.5 Å². The first-order valence-corrected chi connectivity index (χ1v) is 8.25. The zero-order valence-electron chi connectivity index (χ0n) is 13.6. The van der Waals surface area contributed by atoms with Gasteiger partial charge in [0.2, 0.25) is 0 Å². The first-order chi connectivity index (χ1) is 12.0. The smallest absolute Gasteiger partial charge is 0.254 e. The van der Waals surface area contributed by atoms with Gasteiger partial charge in [0.15, 0.2) is 11.6 Å². The van der Waals surface area contributed by atoms with Crippen LogP contribution in [0.2, 0.25) is 5.02 Å². The summed E-state index contributed by atoms with van der Waals surface area (Å²) >= 11 is 5.70. The van der Waals surface area contributed by atoms with Gasteiger partial charge >= 0.3 is 0 Å². The van der Waals surface area contributed by atoms with Crippen molar-refractivity contribution >= 4 is 29.9 Å². The van der Waals surface area contributed by atoms with Crippen molar-refractivity contribution in [3.63, 3.8) is 0 Å². The molecule has 1 saturated heterocycles. The van der Waals surface area contributed by atoms with Crippen LogP contribution in [-0.2, 0) is 0 Å². The number of hydrogen-bond acceptors (Lipinski definition) is 2. The SMILES string of the molecule is Cl.O=C(NC1CNCCC1c1ccc(F)c(F)c1)c1ccc(Cl)cc1F. The molecule has 1 aliphatic heterocycles. The quantitative estimate of drug-likeness (QED) is 0.809. The second-order valence-electron chi connectivity index (χ2n) is 5.98. The van der Waals surface area contributed by atoms with Crippen molar-refractivity contribution in [2.45, 2.75) is 18.4 Å². The van der Waals surface area contributed by atoms with Crippen LogP contribution in [0.25, 0.3) is 0 Å². The Balaban J connectivity index is 0.00000243. The van der Waals surface area contributed by atoms with Gasteiger partial charge in [0.05, 0.1) is 5.56 Å². The Hall–Kier alpha value is -1.76. The summed E-state index contributed by atoms with van der Waals surface area (Å²) in [6.45, 7) is 1.13. The second-order valence-corrected chi connectivity index (χ2v) is 6.41. The standard InChI is InChI=1S/C18H16ClF3N2O.ClH/c19-11-2-3-13(15(21)8-11)18(25)24-17-9-23-6-5-12(17)10-1-4-14(20)16(22)7-10;/h1-4,7-8,12,17,23H,5-6,9H2,(H,24,25);1H. The van der Waals surface area contributed by atoms with Gasteiger partial charge in [0.1, 0.15) is 5.82 Å². The summed E-state index contributed by atoms with van der Waals surface area (Å²) in [6.07, 6.45) is 0.638. The van der Waals surface area contributed by atoms with Gasteiger partial charge < -0.3 is 10.6 Å². The summed E-state index contributed by atoms with van der Waals surface area (Å²) in [5.41, 5.74) is 0.487. The van der Waals surface area contributed by atoms with Gasteiger partial charge in [0.25, 0.3) is 5.91 Å². The van der Waals surface area contributed by atoms with E-state index in [0.717, 1.165) is 18.2 Å². The normalized spacial score (nSPS) is 19.5. The van der Waals surface area contributed by atoms with Crippen LogP contribution < -0.4 is 10.6 Å². The van der Waals surface area contributed by atoms with Crippen LogP contribution in [0.4, 0.5) is 13.2 Å². The maximum Gasteiger partial charge on any atom is 0.254 e. The molecule has 0 aromatic heterocycles. The molecule has 0 radical (unpaired) electrons. The molecule has 2 atom stereocenters. The number of hydrogen-bond donors (Lipinski definition) is 2. The van der Waals surface area contributed by atoms with Crippen molar-refractivity contribution in [3.05, 3.63) is 70.0 Å². The lowest BCUT2D eigenvalue weighted by atomic mass is 9.85. The molecule has 2 N–H and O–H groups in total. The van der Waals surface area contributed by atoms with Gasteiger partial charge in [-0.15, -0.1) is 12.4 Å². The van der Waals surface area contributed by atoms with Crippen molar-refractivity contribution < 1.29 is 18.0 Å². The molecule has 3 nitrogen and oxygen atoms in total. The van der Waals surface area contributed by atoms with Crippen LogP contribution in [0.5, 0.6) is 0 Å². The predicted molar refractivity (Wildman–Crippen MR) is 96.5 cm³/mol. The van der Waals surface area contributed by atoms with Gasteiger partial charge in [-0.05, 0) is 48.9 Å². The van der Waals surface area contributed by atoms with E-state index in [1.54, 1.807) is 0 Å². The van der Waals surface area contributed by atoms with E-state index < -0.39 is 23.4 Å². The number of nitrogens with one attached hydrogen (secondary N) is 2. The number of amides is 1. The van der Waals surface area contributed by atoms with Crippen molar-refractivity contribution in [2.24, 2.45) is 0 Å². The second kappa shape index (κ2) is 8.75. The maximum atomic E-state index is 13.9. The Morgan fingerprint density at radius 1 is 1.08 bits per heavy atom. The third-order valence-electron chi connectivity index (χ3n) is 4.35. The highest BCUT2D eigenvalue weighted by Crippen LogP contribution is 2.27. The molecule has 2 unspecified atom stereocenters. The first kappa shape index (κ1) is 20.6. The van der Waals surface area contributed by atoms with E-state index in [0.29, 0.717) is 25.1 Å². The highest BCUT2D eigenvalue weighted by molar-refractivity contribution is 6.30. The summed E-state index contributed by atoms with van der Waals surface area (Å²) < 4.78 is 40.6. The van der Waals surface area contributed by atoms with E-state index in [1.165, 1.54) is 18.2 Å². The van der Waals surface area contributed by atoms with E-state index in [-0.39, 0.29) is 35.0 Å². The molecule has 0 bridgehead atoms. The van der Waals surface area contributed by atoms with Crippen molar-refractivity contribution in [3.8, 4) is 0 Å². The Morgan fingerprint density at radius 2 is 1.85 bits per heavy atom. The molecule has 26 heavy (non-hydrogen) atoms. The van der Waals surface area contributed by atoms with Gasteiger partial charge in [0, 0.05) is 23.5 Å². The van der Waals surface area contributed by atoms with Crippen LogP contribution >= 0.6 is 24.0 Å². The molecular weight excluding hydrogens is 388 g/mol. The number of carbonyl (C=O) groups excluding carboxylic acids is 1. The van der Waals surface area contributed by atoms with E-state index in [9.17, 15) is 18.0 Å². The van der Waals surface area contributed by atoms with Crippen molar-refractivity contribution in [1.82, 2.24) is 10.6 Å². The zero-order valence-corrected chi connectivity index (χ0v) is 15.1. The minimum atomic E-state index is -0.926. The third kappa shape index (κ3) is 4.50. The molecule has 8 heteroatoms. The fraction of sp³-hybridized carbons (Fsp3) is 0.278. The zero-order chi connectivity index (χ0) is 18.0. The van der Waals surface area contributed by atoms with Crippen LogP contribution in [0.3, 0.4) is 0 Å². The first-order valence-electron chi connectivity index (χ1n) is 7.87. The molecule has 0 saturated carbocycles. The predicted octanol–water partition coefficient (Wildman–Crippen LogP) is 4.05. The lowest BCUT2D eigenvalue weighted by Crippen LogP contribution is -2.50. The Morgan fingerprint density at radius 3 is 2.54 bits per heavy atom. The summed E-state index contributed by atoms with van der Waals surface area (Å²) in [7, 11) is 0. The molecule has 3 rings (SSSR count). The highest BCUT2D eigenvalue weighted by atomic mass is 35.5. The largest absolute Gasteiger partial charge is 0.347 e. The minimum absolute atomic E-state index is 0. The molecule has 1 fully saturated rings. The molecule has 0 spiro atoms. The van der Waals surface area contributed by atoms with Crippen LogP contribution in [-0.4, -0.2) is 25.0 Å². The number of benzene rings is 2. The summed E-state index contributed by atoms with van der Waals surface area (Å²) in [5, 5.41) is 6.12. The maximum absolute atomic E-state index is 13.9. The molecule has 0 aliphatic carbocycles. The minimum Gasteiger partial charge on any atom is -0.347 e.